The van der Waals surface area contributed by atoms with Gasteiger partial charge in [-0.05, 0) is 42.2 Å². The maximum Gasteiger partial charge on any atom is 0.249 e. The lowest BCUT2D eigenvalue weighted by molar-refractivity contribution is -0.138. The van der Waals surface area contributed by atoms with Crippen molar-refractivity contribution in [3.63, 3.8) is 0 Å². The molecule has 1 fully saturated rings. The Bertz CT molecular complexity index is 1010. The lowest BCUT2D eigenvalue weighted by Gasteiger charge is -2.26. The first-order valence-electron chi connectivity index (χ1n) is 11.2. The Morgan fingerprint density at radius 2 is 1.88 bits per heavy atom. The van der Waals surface area contributed by atoms with Crippen molar-refractivity contribution < 1.29 is 24.6 Å². The SMILES string of the molecule is C=CCC(CC(=O)N1CCCC1CO)C(=O)NC(CO)C(=O)Nc1ccc2ccccc2c1. The van der Waals surface area contributed by atoms with Crippen LogP contribution in [0.3, 0.4) is 0 Å². The Kier molecular flexibility index (Phi) is 8.57. The van der Waals surface area contributed by atoms with Crippen LogP contribution in [-0.2, 0) is 14.4 Å². The van der Waals surface area contributed by atoms with Gasteiger partial charge >= 0.3 is 0 Å². The summed E-state index contributed by atoms with van der Waals surface area (Å²) >= 11 is 0. The molecule has 0 radical (unpaired) electrons. The van der Waals surface area contributed by atoms with Crippen LogP contribution in [0.25, 0.3) is 10.8 Å². The van der Waals surface area contributed by atoms with Crippen LogP contribution in [0.4, 0.5) is 5.69 Å². The Hall–Kier alpha value is -3.23. The van der Waals surface area contributed by atoms with E-state index in [1.165, 1.54) is 0 Å². The number of aliphatic hydroxyl groups excluding tert-OH is 2. The van der Waals surface area contributed by atoms with Crippen LogP contribution < -0.4 is 10.6 Å². The molecule has 0 spiro atoms. The standard InChI is InChI=1S/C25H31N3O5/c1-2-6-19(14-23(31)28-12-5-9-21(28)15-29)24(32)27-22(16-30)25(33)26-20-11-10-17-7-3-4-8-18(17)13-20/h2-4,7-8,10-11,13,19,21-22,29-30H,1,5-6,9,12,14-16H2,(H,26,33)(H,27,32). The molecule has 8 nitrogen and oxygen atoms in total. The van der Waals surface area contributed by atoms with Crippen LogP contribution in [0.5, 0.6) is 0 Å². The van der Waals surface area contributed by atoms with Gasteiger partial charge in [-0.3, -0.25) is 14.4 Å². The van der Waals surface area contributed by atoms with E-state index >= 15 is 0 Å². The summed E-state index contributed by atoms with van der Waals surface area (Å²) in [6.07, 6.45) is 3.30. The van der Waals surface area contributed by atoms with E-state index in [1.54, 1.807) is 17.0 Å². The van der Waals surface area contributed by atoms with Gasteiger partial charge in [0.05, 0.1) is 25.2 Å². The molecule has 1 aliphatic rings. The van der Waals surface area contributed by atoms with Crippen LogP contribution in [0.2, 0.25) is 0 Å². The molecule has 3 unspecified atom stereocenters. The third-order valence-electron chi connectivity index (χ3n) is 5.98. The normalized spacial score (nSPS) is 17.4. The highest BCUT2D eigenvalue weighted by Gasteiger charge is 2.32. The smallest absolute Gasteiger partial charge is 0.249 e. The van der Waals surface area contributed by atoms with Crippen LogP contribution in [0.1, 0.15) is 25.7 Å². The summed E-state index contributed by atoms with van der Waals surface area (Å²) in [5.74, 6) is -1.99. The number of carbonyl (C=O) groups excluding carboxylic acids is 3. The number of fused-ring (bicyclic) bond motifs is 1. The van der Waals surface area contributed by atoms with Gasteiger partial charge in [0.15, 0.2) is 0 Å². The minimum atomic E-state index is -1.16. The minimum absolute atomic E-state index is 0.0568. The lowest BCUT2D eigenvalue weighted by atomic mass is 9.98. The first-order valence-corrected chi connectivity index (χ1v) is 11.2. The van der Waals surface area contributed by atoms with E-state index in [-0.39, 0.29) is 31.4 Å². The fraction of sp³-hybridized carbons (Fsp3) is 0.400. The predicted molar refractivity (Wildman–Crippen MR) is 126 cm³/mol. The van der Waals surface area contributed by atoms with Gasteiger partial charge in [0, 0.05) is 18.7 Å². The maximum atomic E-state index is 12.9. The fourth-order valence-corrected chi connectivity index (χ4v) is 4.15. The van der Waals surface area contributed by atoms with Crippen molar-refractivity contribution in [2.45, 2.75) is 37.8 Å². The van der Waals surface area contributed by atoms with E-state index in [0.717, 1.165) is 23.6 Å². The summed E-state index contributed by atoms with van der Waals surface area (Å²) in [4.78, 5) is 39.9. The minimum Gasteiger partial charge on any atom is -0.394 e. The molecule has 1 heterocycles. The largest absolute Gasteiger partial charge is 0.394 e. The third kappa shape index (κ3) is 6.18. The second-order valence-electron chi connectivity index (χ2n) is 8.29. The van der Waals surface area contributed by atoms with E-state index in [4.69, 9.17) is 0 Å². The van der Waals surface area contributed by atoms with Gasteiger partial charge in [-0.25, -0.2) is 0 Å². The Morgan fingerprint density at radius 3 is 2.58 bits per heavy atom. The number of hydrogen-bond acceptors (Lipinski definition) is 5. The highest BCUT2D eigenvalue weighted by atomic mass is 16.3. The number of benzene rings is 2. The highest BCUT2D eigenvalue weighted by molar-refractivity contribution is 5.99. The van der Waals surface area contributed by atoms with Crippen molar-refractivity contribution in [2.24, 2.45) is 5.92 Å². The van der Waals surface area contributed by atoms with Gasteiger partial charge in [-0.15, -0.1) is 6.58 Å². The van der Waals surface area contributed by atoms with E-state index in [9.17, 15) is 24.6 Å². The van der Waals surface area contributed by atoms with E-state index in [0.29, 0.717) is 12.2 Å². The third-order valence-corrected chi connectivity index (χ3v) is 5.98. The lowest BCUT2D eigenvalue weighted by Crippen LogP contribution is -2.49. The molecule has 2 aromatic rings. The van der Waals surface area contributed by atoms with Crippen molar-refractivity contribution in [2.75, 3.05) is 25.1 Å². The van der Waals surface area contributed by atoms with Crippen molar-refractivity contribution in [1.82, 2.24) is 10.2 Å². The van der Waals surface area contributed by atoms with Gasteiger partial charge in [-0.1, -0.05) is 36.4 Å². The van der Waals surface area contributed by atoms with Crippen LogP contribution >= 0.6 is 0 Å². The summed E-state index contributed by atoms with van der Waals surface area (Å²) in [7, 11) is 0. The zero-order valence-corrected chi connectivity index (χ0v) is 18.6. The Labute approximate surface area is 193 Å². The number of allylic oxidation sites excluding steroid dienone is 1. The summed E-state index contributed by atoms with van der Waals surface area (Å²) in [5, 5.41) is 26.5. The summed E-state index contributed by atoms with van der Waals surface area (Å²) in [6, 6.07) is 11.8. The van der Waals surface area contributed by atoms with Crippen molar-refractivity contribution in [1.29, 1.82) is 0 Å². The molecule has 3 amide bonds. The van der Waals surface area contributed by atoms with Gasteiger partial charge < -0.3 is 25.7 Å². The first kappa shape index (κ1) is 24.4. The van der Waals surface area contributed by atoms with Crippen LogP contribution in [0.15, 0.2) is 55.1 Å². The molecular formula is C25H31N3O5. The molecule has 3 atom stereocenters. The average molecular weight is 454 g/mol. The molecule has 0 aliphatic carbocycles. The number of anilines is 1. The van der Waals surface area contributed by atoms with Crippen molar-refractivity contribution >= 4 is 34.2 Å². The quantitative estimate of drug-likeness (QED) is 0.409. The van der Waals surface area contributed by atoms with Crippen molar-refractivity contribution in [3.05, 3.63) is 55.1 Å². The molecule has 0 aromatic heterocycles. The second kappa shape index (κ2) is 11.6. The van der Waals surface area contributed by atoms with Gasteiger partial charge in [0.2, 0.25) is 17.7 Å². The summed E-state index contributed by atoms with van der Waals surface area (Å²) in [5.41, 5.74) is 0.549. The van der Waals surface area contributed by atoms with E-state index in [1.807, 2.05) is 36.4 Å². The molecule has 3 rings (SSSR count). The maximum absolute atomic E-state index is 12.9. The van der Waals surface area contributed by atoms with E-state index < -0.39 is 30.4 Å². The van der Waals surface area contributed by atoms with E-state index in [2.05, 4.69) is 17.2 Å². The highest BCUT2D eigenvalue weighted by Crippen LogP contribution is 2.21. The average Bonchev–Trinajstić information content (AvgIpc) is 3.31. The zero-order valence-electron chi connectivity index (χ0n) is 18.6. The number of aliphatic hydroxyl groups is 2. The molecule has 33 heavy (non-hydrogen) atoms. The summed E-state index contributed by atoms with van der Waals surface area (Å²) in [6.45, 7) is 3.53. The Balaban J connectivity index is 1.63. The number of carbonyl (C=O) groups is 3. The van der Waals surface area contributed by atoms with Gasteiger partial charge in [0.25, 0.3) is 0 Å². The molecule has 0 bridgehead atoms. The Morgan fingerprint density at radius 1 is 1.12 bits per heavy atom. The number of amides is 3. The molecule has 0 saturated carbocycles. The van der Waals surface area contributed by atoms with Crippen molar-refractivity contribution in [3.8, 4) is 0 Å². The number of nitrogens with zero attached hydrogens (tertiary/aromatic N) is 1. The monoisotopic (exact) mass is 453 g/mol. The molecule has 1 aliphatic heterocycles. The molecule has 8 heteroatoms. The zero-order chi connectivity index (χ0) is 23.8. The fourth-order valence-electron chi connectivity index (χ4n) is 4.15. The molecule has 176 valence electrons. The topological polar surface area (TPSA) is 119 Å². The number of hydrogen-bond donors (Lipinski definition) is 4. The van der Waals surface area contributed by atoms with Gasteiger partial charge in [0.1, 0.15) is 6.04 Å². The molecule has 2 aromatic carbocycles. The summed E-state index contributed by atoms with van der Waals surface area (Å²) < 4.78 is 0. The first-order chi connectivity index (χ1) is 16.0. The van der Waals surface area contributed by atoms with Crippen LogP contribution in [-0.4, -0.2) is 64.7 Å². The predicted octanol–water partition coefficient (Wildman–Crippen LogP) is 1.82. The van der Waals surface area contributed by atoms with Crippen LogP contribution in [0, 0.1) is 5.92 Å². The number of likely N-dealkylation sites (tertiary alicyclic amines) is 1. The number of rotatable bonds is 10. The number of nitrogens with one attached hydrogen (secondary N) is 2. The molecular weight excluding hydrogens is 422 g/mol. The van der Waals surface area contributed by atoms with Gasteiger partial charge in [-0.2, -0.15) is 0 Å². The molecule has 4 N–H and O–H groups in total. The second-order valence-corrected chi connectivity index (χ2v) is 8.29. The molecule has 1 saturated heterocycles.